The predicted octanol–water partition coefficient (Wildman–Crippen LogP) is 5.38. The van der Waals surface area contributed by atoms with Gasteiger partial charge >= 0.3 is 5.63 Å². The second-order valence-corrected chi connectivity index (χ2v) is 7.31. The standard InChI is InChI=1S/C24H17N3O4/c28-24-18(13-16-5-1-4-8-23(16)31-24)22-14-21(15-9-11-17(12-10-15)27(29)30)25-19-6-2-3-7-20(19)26-22/h1-13,21,25H,14H2/t21-/m0/s1. The second-order valence-electron chi connectivity index (χ2n) is 7.31. The largest absolute Gasteiger partial charge is 0.422 e. The number of nitrogens with one attached hydrogen (secondary N) is 1. The van der Waals surface area contributed by atoms with E-state index in [1.54, 1.807) is 24.3 Å². The molecule has 3 aromatic carbocycles. The van der Waals surface area contributed by atoms with Gasteiger partial charge < -0.3 is 9.73 Å². The van der Waals surface area contributed by atoms with Crippen LogP contribution in [0, 0.1) is 10.1 Å². The molecule has 31 heavy (non-hydrogen) atoms. The summed E-state index contributed by atoms with van der Waals surface area (Å²) >= 11 is 0. The van der Waals surface area contributed by atoms with Crippen molar-refractivity contribution in [2.75, 3.05) is 5.32 Å². The number of fused-ring (bicyclic) bond motifs is 2. The summed E-state index contributed by atoms with van der Waals surface area (Å²) in [6.45, 7) is 0. The molecule has 1 atom stereocenters. The number of anilines is 1. The van der Waals surface area contributed by atoms with E-state index in [1.165, 1.54) is 12.1 Å². The number of benzene rings is 3. The van der Waals surface area contributed by atoms with Crippen LogP contribution in [-0.2, 0) is 0 Å². The van der Waals surface area contributed by atoms with Gasteiger partial charge in [-0.15, -0.1) is 0 Å². The Hall–Kier alpha value is -4.26. The molecule has 7 heteroatoms. The Morgan fingerprint density at radius 1 is 1.00 bits per heavy atom. The minimum absolute atomic E-state index is 0.0295. The molecule has 2 heterocycles. The Labute approximate surface area is 176 Å². The van der Waals surface area contributed by atoms with Gasteiger partial charge in [-0.25, -0.2) is 4.79 Å². The SMILES string of the molecule is O=c1oc2ccccc2cc1C1=Nc2ccccc2N[C@H](c2ccc([N+](=O)[O-])cc2)C1. The number of non-ortho nitro benzene ring substituents is 1. The molecule has 1 N–H and O–H groups in total. The molecule has 4 aromatic rings. The number of hydrogen-bond acceptors (Lipinski definition) is 6. The second kappa shape index (κ2) is 7.53. The summed E-state index contributed by atoms with van der Waals surface area (Å²) < 4.78 is 5.53. The topological polar surface area (TPSA) is 97.7 Å². The average Bonchev–Trinajstić information content (AvgIpc) is 2.98. The first-order valence-electron chi connectivity index (χ1n) is 9.79. The molecule has 0 saturated carbocycles. The van der Waals surface area contributed by atoms with Gasteiger partial charge in [0.1, 0.15) is 5.58 Å². The highest BCUT2D eigenvalue weighted by Crippen LogP contribution is 2.35. The zero-order valence-corrected chi connectivity index (χ0v) is 16.3. The first-order valence-corrected chi connectivity index (χ1v) is 9.79. The van der Waals surface area contributed by atoms with E-state index in [1.807, 2.05) is 42.5 Å². The number of nitrogens with zero attached hydrogens (tertiary/aromatic N) is 2. The number of nitro benzene ring substituents is 1. The van der Waals surface area contributed by atoms with E-state index in [0.29, 0.717) is 23.3 Å². The van der Waals surface area contributed by atoms with Crippen LogP contribution in [0.15, 0.2) is 93.1 Å². The number of nitro groups is 1. The molecule has 0 aliphatic carbocycles. The summed E-state index contributed by atoms with van der Waals surface area (Å²) in [5.74, 6) is 0. The van der Waals surface area contributed by atoms with Crippen LogP contribution in [0.4, 0.5) is 17.1 Å². The zero-order chi connectivity index (χ0) is 21.4. The summed E-state index contributed by atoms with van der Waals surface area (Å²) in [6, 6.07) is 22.9. The smallest absolute Gasteiger partial charge is 0.345 e. The molecule has 0 unspecified atom stereocenters. The summed E-state index contributed by atoms with van der Waals surface area (Å²) in [6.07, 6.45) is 0.412. The van der Waals surface area contributed by atoms with Gasteiger partial charge in [-0.3, -0.25) is 15.1 Å². The van der Waals surface area contributed by atoms with Crippen LogP contribution in [0.3, 0.4) is 0 Å². The molecule has 1 aliphatic heterocycles. The van der Waals surface area contributed by atoms with Crippen molar-refractivity contribution < 1.29 is 9.34 Å². The van der Waals surface area contributed by atoms with Gasteiger partial charge in [0.05, 0.1) is 33.6 Å². The molecule has 0 radical (unpaired) electrons. The highest BCUT2D eigenvalue weighted by atomic mass is 16.6. The van der Waals surface area contributed by atoms with Crippen LogP contribution in [0.1, 0.15) is 23.6 Å². The maximum Gasteiger partial charge on any atom is 0.345 e. The number of para-hydroxylation sites is 3. The van der Waals surface area contributed by atoms with E-state index in [9.17, 15) is 14.9 Å². The van der Waals surface area contributed by atoms with Gasteiger partial charge in [-0.1, -0.05) is 42.5 Å². The Kier molecular flexibility index (Phi) is 4.55. The van der Waals surface area contributed by atoms with Gasteiger partial charge in [0.25, 0.3) is 5.69 Å². The Bertz CT molecular complexity index is 1390. The van der Waals surface area contributed by atoms with Crippen LogP contribution in [0.2, 0.25) is 0 Å². The van der Waals surface area contributed by atoms with Gasteiger partial charge in [0, 0.05) is 23.9 Å². The third-order valence-corrected chi connectivity index (χ3v) is 5.35. The van der Waals surface area contributed by atoms with Gasteiger partial charge in [-0.05, 0) is 29.8 Å². The molecule has 0 fully saturated rings. The monoisotopic (exact) mass is 411 g/mol. The van der Waals surface area contributed by atoms with Crippen LogP contribution in [-0.4, -0.2) is 10.6 Å². The Balaban J connectivity index is 1.63. The molecule has 0 saturated heterocycles. The third-order valence-electron chi connectivity index (χ3n) is 5.35. The fourth-order valence-corrected chi connectivity index (χ4v) is 3.78. The van der Waals surface area contributed by atoms with E-state index >= 15 is 0 Å². The van der Waals surface area contributed by atoms with Crippen molar-refractivity contribution in [2.45, 2.75) is 12.5 Å². The van der Waals surface area contributed by atoms with Gasteiger partial charge in [-0.2, -0.15) is 0 Å². The third kappa shape index (κ3) is 3.57. The summed E-state index contributed by atoms with van der Waals surface area (Å²) in [5, 5.41) is 15.3. The highest BCUT2D eigenvalue weighted by molar-refractivity contribution is 6.05. The lowest BCUT2D eigenvalue weighted by Crippen LogP contribution is -2.19. The molecule has 0 amide bonds. The first-order chi connectivity index (χ1) is 15.1. The Morgan fingerprint density at radius 3 is 2.55 bits per heavy atom. The van der Waals surface area contributed by atoms with E-state index in [-0.39, 0.29) is 11.7 Å². The average molecular weight is 411 g/mol. The summed E-state index contributed by atoms with van der Waals surface area (Å²) in [5.41, 5.74) is 3.52. The molecule has 7 nitrogen and oxygen atoms in total. The quantitative estimate of drug-likeness (QED) is 0.277. The van der Waals surface area contributed by atoms with Crippen molar-refractivity contribution in [2.24, 2.45) is 4.99 Å². The van der Waals surface area contributed by atoms with Crippen molar-refractivity contribution in [3.63, 3.8) is 0 Å². The van der Waals surface area contributed by atoms with Crippen LogP contribution < -0.4 is 10.9 Å². The minimum Gasteiger partial charge on any atom is -0.422 e. The van der Waals surface area contributed by atoms with Gasteiger partial charge in [0.15, 0.2) is 0 Å². The highest BCUT2D eigenvalue weighted by Gasteiger charge is 2.23. The normalized spacial score (nSPS) is 15.5. The fourth-order valence-electron chi connectivity index (χ4n) is 3.78. The number of rotatable bonds is 3. The molecule has 5 rings (SSSR count). The minimum atomic E-state index is -0.445. The van der Waals surface area contributed by atoms with E-state index in [4.69, 9.17) is 9.41 Å². The molecule has 0 bridgehead atoms. The van der Waals surface area contributed by atoms with Crippen LogP contribution >= 0.6 is 0 Å². The molecule has 0 spiro atoms. The summed E-state index contributed by atoms with van der Waals surface area (Å²) in [4.78, 5) is 28.2. The van der Waals surface area contributed by atoms with Crippen LogP contribution in [0.5, 0.6) is 0 Å². The molecular formula is C24H17N3O4. The van der Waals surface area contributed by atoms with Crippen molar-refractivity contribution in [3.8, 4) is 0 Å². The summed E-state index contributed by atoms with van der Waals surface area (Å²) in [7, 11) is 0. The molecular weight excluding hydrogens is 394 g/mol. The molecule has 152 valence electrons. The zero-order valence-electron chi connectivity index (χ0n) is 16.3. The number of hydrogen-bond donors (Lipinski definition) is 1. The maximum atomic E-state index is 12.8. The predicted molar refractivity (Wildman–Crippen MR) is 119 cm³/mol. The molecule has 1 aromatic heterocycles. The molecule has 1 aliphatic rings. The van der Waals surface area contributed by atoms with E-state index in [0.717, 1.165) is 22.3 Å². The first kappa shape index (κ1) is 18.7. The van der Waals surface area contributed by atoms with Crippen LogP contribution in [0.25, 0.3) is 11.0 Å². The number of aliphatic imine (C=N–C) groups is 1. The lowest BCUT2D eigenvalue weighted by molar-refractivity contribution is -0.384. The van der Waals surface area contributed by atoms with Crippen molar-refractivity contribution >= 4 is 33.7 Å². The maximum absolute atomic E-state index is 12.8. The van der Waals surface area contributed by atoms with E-state index in [2.05, 4.69) is 5.32 Å². The van der Waals surface area contributed by atoms with Crippen molar-refractivity contribution in [1.29, 1.82) is 0 Å². The van der Waals surface area contributed by atoms with Crippen molar-refractivity contribution in [3.05, 3.63) is 111 Å². The fraction of sp³-hybridized carbons (Fsp3) is 0.0833. The lowest BCUT2D eigenvalue weighted by Gasteiger charge is -2.19. The van der Waals surface area contributed by atoms with E-state index < -0.39 is 10.5 Å². The Morgan fingerprint density at radius 2 is 1.74 bits per heavy atom. The van der Waals surface area contributed by atoms with Crippen molar-refractivity contribution in [1.82, 2.24) is 0 Å². The lowest BCUT2D eigenvalue weighted by atomic mass is 9.97. The van der Waals surface area contributed by atoms with Gasteiger partial charge in [0.2, 0.25) is 0 Å².